The zero-order valence-corrected chi connectivity index (χ0v) is 13.6. The third-order valence-corrected chi connectivity index (χ3v) is 5.16. The number of likely N-dealkylation sites (tertiary alicyclic amines) is 1. The second-order valence-electron chi connectivity index (χ2n) is 6.54. The molecule has 0 aliphatic carbocycles. The highest BCUT2D eigenvalue weighted by atomic mass is 16.2. The number of hydrogen-bond donors (Lipinski definition) is 1. The largest absolute Gasteiger partial charge is 0.338 e. The number of rotatable bonds is 4. The van der Waals surface area contributed by atoms with Gasteiger partial charge in [0.15, 0.2) is 0 Å². The number of carbonyl (C=O) groups excluding carboxylic acids is 3. The van der Waals surface area contributed by atoms with Crippen molar-refractivity contribution in [3.8, 4) is 0 Å². The lowest BCUT2D eigenvalue weighted by Crippen LogP contribution is -2.48. The zero-order valence-electron chi connectivity index (χ0n) is 13.6. The Morgan fingerprint density at radius 2 is 2.04 bits per heavy atom. The summed E-state index contributed by atoms with van der Waals surface area (Å²) in [5.74, 6) is 0.116. The monoisotopic (exact) mass is 314 g/mol. The van der Waals surface area contributed by atoms with Crippen LogP contribution in [0.5, 0.6) is 0 Å². The van der Waals surface area contributed by atoms with Crippen molar-refractivity contribution in [2.45, 2.75) is 51.0 Å². The van der Waals surface area contributed by atoms with Crippen LogP contribution in [0.25, 0.3) is 0 Å². The highest BCUT2D eigenvalue weighted by molar-refractivity contribution is 6.07. The quantitative estimate of drug-likeness (QED) is 0.927. The number of carbonyl (C=O) groups is 3. The topological polar surface area (TPSA) is 66.5 Å². The molecular formula is C18H22N2O3. The number of fused-ring (bicyclic) bond motifs is 2. The van der Waals surface area contributed by atoms with Crippen molar-refractivity contribution >= 4 is 23.3 Å². The molecule has 0 bridgehead atoms. The van der Waals surface area contributed by atoms with E-state index in [-0.39, 0.29) is 23.6 Å². The van der Waals surface area contributed by atoms with Crippen molar-refractivity contribution in [2.24, 2.45) is 0 Å². The standard InChI is InChI=1S/C18H22N2O3/c1-12(21)6-5-9-16-18(10-11-20(16)13(2)22)14-7-3-4-8-15(14)19-17(18)23/h3-4,7-8,16H,5-6,9-11H2,1-2H3,(H,19,23)/t16-,18-/m0/s1. The molecule has 0 aromatic heterocycles. The summed E-state index contributed by atoms with van der Waals surface area (Å²) in [4.78, 5) is 37.9. The number of hydrogen-bond acceptors (Lipinski definition) is 3. The number of Topliss-reactive ketones (excluding diaryl/α,β-unsaturated/α-hetero) is 1. The Bertz CT molecular complexity index is 670. The second-order valence-corrected chi connectivity index (χ2v) is 6.54. The van der Waals surface area contributed by atoms with Crippen molar-refractivity contribution < 1.29 is 14.4 Å². The van der Waals surface area contributed by atoms with Crippen LogP contribution in [0.2, 0.25) is 0 Å². The van der Waals surface area contributed by atoms with Gasteiger partial charge in [0.25, 0.3) is 0 Å². The molecule has 122 valence electrons. The van der Waals surface area contributed by atoms with Crippen LogP contribution >= 0.6 is 0 Å². The molecule has 1 spiro atoms. The van der Waals surface area contributed by atoms with E-state index in [9.17, 15) is 14.4 Å². The van der Waals surface area contributed by atoms with E-state index in [2.05, 4.69) is 5.32 Å². The molecule has 2 aliphatic rings. The van der Waals surface area contributed by atoms with Gasteiger partial charge in [0.2, 0.25) is 11.8 Å². The van der Waals surface area contributed by atoms with E-state index >= 15 is 0 Å². The maximum absolute atomic E-state index is 12.8. The third-order valence-electron chi connectivity index (χ3n) is 5.16. The molecule has 5 nitrogen and oxygen atoms in total. The average molecular weight is 314 g/mol. The molecule has 1 N–H and O–H groups in total. The first-order valence-electron chi connectivity index (χ1n) is 8.14. The number of nitrogens with zero attached hydrogens (tertiary/aromatic N) is 1. The van der Waals surface area contributed by atoms with Gasteiger partial charge in [-0.3, -0.25) is 9.59 Å². The summed E-state index contributed by atoms with van der Waals surface area (Å²) in [6.45, 7) is 3.71. The van der Waals surface area contributed by atoms with E-state index in [1.165, 1.54) is 0 Å². The molecule has 23 heavy (non-hydrogen) atoms. The average Bonchev–Trinajstić information content (AvgIpc) is 3.00. The number of anilines is 1. The SMILES string of the molecule is CC(=O)CCC[C@@H]1N(C(C)=O)CC[C@@]12C(=O)Nc1ccccc12. The molecule has 2 aliphatic heterocycles. The van der Waals surface area contributed by atoms with Crippen molar-refractivity contribution in [3.63, 3.8) is 0 Å². The van der Waals surface area contributed by atoms with E-state index in [1.54, 1.807) is 13.8 Å². The van der Waals surface area contributed by atoms with E-state index < -0.39 is 5.41 Å². The molecule has 0 saturated carbocycles. The smallest absolute Gasteiger partial charge is 0.237 e. The number of para-hydroxylation sites is 1. The van der Waals surface area contributed by atoms with Gasteiger partial charge in [-0.05, 0) is 37.8 Å². The minimum Gasteiger partial charge on any atom is -0.338 e. The maximum Gasteiger partial charge on any atom is 0.237 e. The predicted octanol–water partition coefficient (Wildman–Crippen LogP) is 2.26. The van der Waals surface area contributed by atoms with E-state index in [1.807, 2.05) is 29.2 Å². The summed E-state index contributed by atoms with van der Waals surface area (Å²) in [7, 11) is 0. The fourth-order valence-electron chi connectivity index (χ4n) is 4.13. The predicted molar refractivity (Wildman–Crippen MR) is 87.1 cm³/mol. The number of amides is 2. The van der Waals surface area contributed by atoms with Crippen LogP contribution in [-0.4, -0.2) is 35.1 Å². The Labute approximate surface area is 136 Å². The van der Waals surface area contributed by atoms with Crippen LogP contribution in [0.1, 0.15) is 45.1 Å². The minimum atomic E-state index is -0.668. The van der Waals surface area contributed by atoms with E-state index in [0.717, 1.165) is 11.3 Å². The summed E-state index contributed by atoms with van der Waals surface area (Å²) in [6.07, 6.45) is 2.49. The van der Waals surface area contributed by atoms with Crippen LogP contribution in [-0.2, 0) is 19.8 Å². The third kappa shape index (κ3) is 2.44. The lowest BCUT2D eigenvalue weighted by Gasteiger charge is -2.33. The van der Waals surface area contributed by atoms with Crippen molar-refractivity contribution in [1.29, 1.82) is 0 Å². The number of benzene rings is 1. The molecule has 5 heteroatoms. The van der Waals surface area contributed by atoms with Crippen LogP contribution in [0, 0.1) is 0 Å². The summed E-state index contributed by atoms with van der Waals surface area (Å²) in [5, 5.41) is 2.97. The fraction of sp³-hybridized carbons (Fsp3) is 0.500. The summed E-state index contributed by atoms with van der Waals surface area (Å²) in [5.41, 5.74) is 1.17. The van der Waals surface area contributed by atoms with E-state index in [0.29, 0.717) is 32.2 Å². The first kappa shape index (κ1) is 15.7. The zero-order chi connectivity index (χ0) is 16.6. The Hall–Kier alpha value is -2.17. The first-order chi connectivity index (χ1) is 11.0. The van der Waals surface area contributed by atoms with Crippen LogP contribution in [0.15, 0.2) is 24.3 Å². The molecule has 2 amide bonds. The van der Waals surface area contributed by atoms with Crippen LogP contribution in [0.4, 0.5) is 5.69 Å². The summed E-state index contributed by atoms with van der Waals surface area (Å²) in [6, 6.07) is 7.55. The van der Waals surface area contributed by atoms with Gasteiger partial charge in [-0.15, -0.1) is 0 Å². The lowest BCUT2D eigenvalue weighted by atomic mass is 9.73. The number of nitrogens with one attached hydrogen (secondary N) is 1. The highest BCUT2D eigenvalue weighted by Gasteiger charge is 2.57. The van der Waals surface area contributed by atoms with Crippen molar-refractivity contribution in [3.05, 3.63) is 29.8 Å². The maximum atomic E-state index is 12.8. The molecule has 1 saturated heterocycles. The van der Waals surface area contributed by atoms with Gasteiger partial charge in [-0.25, -0.2) is 0 Å². The molecule has 1 aromatic carbocycles. The first-order valence-corrected chi connectivity index (χ1v) is 8.14. The van der Waals surface area contributed by atoms with Crippen molar-refractivity contribution in [2.75, 3.05) is 11.9 Å². The Morgan fingerprint density at radius 3 is 2.74 bits per heavy atom. The van der Waals surface area contributed by atoms with Gasteiger partial charge in [-0.1, -0.05) is 18.2 Å². The molecule has 2 atom stereocenters. The Balaban J connectivity index is 1.97. The molecular weight excluding hydrogens is 292 g/mol. The molecule has 0 unspecified atom stereocenters. The summed E-state index contributed by atoms with van der Waals surface area (Å²) >= 11 is 0. The van der Waals surface area contributed by atoms with Gasteiger partial charge >= 0.3 is 0 Å². The van der Waals surface area contributed by atoms with Gasteiger partial charge in [-0.2, -0.15) is 0 Å². The molecule has 1 fully saturated rings. The van der Waals surface area contributed by atoms with Gasteiger partial charge in [0.1, 0.15) is 5.78 Å². The summed E-state index contributed by atoms with van der Waals surface area (Å²) < 4.78 is 0. The highest BCUT2D eigenvalue weighted by Crippen LogP contribution is 2.49. The Kier molecular flexibility index (Phi) is 3.96. The fourth-order valence-corrected chi connectivity index (χ4v) is 4.13. The number of ketones is 1. The van der Waals surface area contributed by atoms with E-state index in [4.69, 9.17) is 0 Å². The molecule has 0 radical (unpaired) electrons. The molecule has 2 heterocycles. The second kappa shape index (κ2) is 5.80. The van der Waals surface area contributed by atoms with Crippen LogP contribution in [0.3, 0.4) is 0 Å². The normalized spacial score (nSPS) is 25.6. The molecule has 1 aromatic rings. The molecule has 3 rings (SSSR count). The lowest BCUT2D eigenvalue weighted by molar-refractivity contribution is -0.131. The van der Waals surface area contributed by atoms with Gasteiger partial charge in [0.05, 0.1) is 11.5 Å². The van der Waals surface area contributed by atoms with Crippen LogP contribution < -0.4 is 5.32 Å². The Morgan fingerprint density at radius 1 is 1.30 bits per heavy atom. The minimum absolute atomic E-state index is 0.00752. The van der Waals surface area contributed by atoms with Crippen molar-refractivity contribution in [1.82, 2.24) is 4.90 Å². The van der Waals surface area contributed by atoms with Gasteiger partial charge < -0.3 is 15.0 Å². The van der Waals surface area contributed by atoms with Gasteiger partial charge in [0, 0.05) is 25.6 Å².